The second-order valence-corrected chi connectivity index (χ2v) is 10.1. The van der Waals surface area contributed by atoms with Crippen molar-refractivity contribution < 1.29 is 17.9 Å². The van der Waals surface area contributed by atoms with Gasteiger partial charge in [-0.1, -0.05) is 17.7 Å². The zero-order valence-corrected chi connectivity index (χ0v) is 18.5. The third-order valence-corrected chi connectivity index (χ3v) is 7.38. The molecule has 3 rings (SSSR count). The molecular formula is C21H29N3O4S. The number of ether oxygens (including phenoxy) is 1. The molecule has 1 atom stereocenters. The normalized spacial score (nSPS) is 18.0. The summed E-state index contributed by atoms with van der Waals surface area (Å²) in [7, 11) is 0.400. The van der Waals surface area contributed by atoms with Crippen LogP contribution in [0.25, 0.3) is 0 Å². The molecule has 0 bridgehead atoms. The Labute approximate surface area is 172 Å². The summed E-state index contributed by atoms with van der Waals surface area (Å²) >= 11 is 0. The number of likely N-dealkylation sites (N-methyl/N-ethyl adjacent to an activating group) is 1. The number of nitrogens with zero attached hydrogens (tertiary/aromatic N) is 3. The molecule has 0 spiro atoms. The summed E-state index contributed by atoms with van der Waals surface area (Å²) in [4.78, 5) is 14.5. The van der Waals surface area contributed by atoms with Crippen LogP contribution in [-0.4, -0.2) is 54.7 Å². The average Bonchev–Trinajstić information content (AvgIpc) is 3.15. The molecule has 1 aliphatic heterocycles. The standard InChI is InChI=1S/C21H29N3O4S/c1-14-6-7-20(28-5)17(10-14)11-21(25)23(4)12-19-15(2)22-24(16(19)3)18-8-9-29(26,27)13-18/h6-7,10,18H,8-9,11-13H2,1-5H3/t18-/m1/s1. The molecule has 1 saturated heterocycles. The summed E-state index contributed by atoms with van der Waals surface area (Å²) < 4.78 is 30.9. The number of aryl methyl sites for hydroxylation is 2. The number of benzene rings is 1. The Bertz CT molecular complexity index is 1030. The zero-order valence-electron chi connectivity index (χ0n) is 17.7. The molecule has 8 heteroatoms. The number of methoxy groups -OCH3 is 1. The Morgan fingerprint density at radius 2 is 2.03 bits per heavy atom. The van der Waals surface area contributed by atoms with Crippen molar-refractivity contribution in [3.8, 4) is 5.75 Å². The molecule has 1 fully saturated rings. The fourth-order valence-electron chi connectivity index (χ4n) is 3.92. The van der Waals surface area contributed by atoms with Crippen molar-refractivity contribution in [3.63, 3.8) is 0 Å². The molecular weight excluding hydrogens is 390 g/mol. The van der Waals surface area contributed by atoms with Gasteiger partial charge in [0.1, 0.15) is 5.75 Å². The van der Waals surface area contributed by atoms with Crippen LogP contribution < -0.4 is 4.74 Å². The monoisotopic (exact) mass is 419 g/mol. The van der Waals surface area contributed by atoms with Crippen LogP contribution in [-0.2, 0) is 27.6 Å². The van der Waals surface area contributed by atoms with Gasteiger partial charge in [-0.25, -0.2) is 8.42 Å². The number of hydrogen-bond acceptors (Lipinski definition) is 5. The summed E-state index contributed by atoms with van der Waals surface area (Å²) in [6.07, 6.45) is 0.847. The van der Waals surface area contributed by atoms with Crippen molar-refractivity contribution in [2.24, 2.45) is 0 Å². The number of amides is 1. The van der Waals surface area contributed by atoms with Gasteiger partial charge in [-0.3, -0.25) is 9.48 Å². The van der Waals surface area contributed by atoms with Gasteiger partial charge in [0.15, 0.2) is 9.84 Å². The van der Waals surface area contributed by atoms with Crippen LogP contribution in [0.15, 0.2) is 18.2 Å². The lowest BCUT2D eigenvalue weighted by atomic mass is 10.1. The second kappa shape index (κ2) is 8.18. The molecule has 1 amide bonds. The van der Waals surface area contributed by atoms with Gasteiger partial charge >= 0.3 is 0 Å². The van der Waals surface area contributed by atoms with E-state index in [-0.39, 0.29) is 29.9 Å². The lowest BCUT2D eigenvalue weighted by Crippen LogP contribution is -2.28. The lowest BCUT2D eigenvalue weighted by Gasteiger charge is -2.19. The summed E-state index contributed by atoms with van der Waals surface area (Å²) in [6.45, 7) is 6.28. The van der Waals surface area contributed by atoms with Crippen molar-refractivity contribution in [1.82, 2.24) is 14.7 Å². The van der Waals surface area contributed by atoms with Crippen molar-refractivity contribution in [1.29, 1.82) is 0 Å². The van der Waals surface area contributed by atoms with Crippen LogP contribution in [0.3, 0.4) is 0 Å². The van der Waals surface area contributed by atoms with E-state index in [0.29, 0.717) is 18.7 Å². The lowest BCUT2D eigenvalue weighted by molar-refractivity contribution is -0.129. The topological polar surface area (TPSA) is 81.5 Å². The Morgan fingerprint density at radius 1 is 1.31 bits per heavy atom. The molecule has 0 aliphatic carbocycles. The molecule has 1 aliphatic rings. The number of aromatic nitrogens is 2. The van der Waals surface area contributed by atoms with E-state index in [4.69, 9.17) is 4.74 Å². The predicted molar refractivity (Wildman–Crippen MR) is 112 cm³/mol. The van der Waals surface area contributed by atoms with Crippen LogP contribution in [0.5, 0.6) is 5.75 Å². The maximum absolute atomic E-state index is 12.8. The van der Waals surface area contributed by atoms with Crippen LogP contribution >= 0.6 is 0 Å². The first-order valence-electron chi connectivity index (χ1n) is 9.73. The molecule has 7 nitrogen and oxygen atoms in total. The number of sulfone groups is 1. The largest absolute Gasteiger partial charge is 0.496 e. The number of rotatable bonds is 6. The highest BCUT2D eigenvalue weighted by molar-refractivity contribution is 7.91. The minimum atomic E-state index is -2.98. The maximum atomic E-state index is 12.8. The van der Waals surface area contributed by atoms with Gasteiger partial charge in [-0.2, -0.15) is 5.10 Å². The highest BCUT2D eigenvalue weighted by atomic mass is 32.2. The van der Waals surface area contributed by atoms with E-state index in [2.05, 4.69) is 5.10 Å². The summed E-state index contributed by atoms with van der Waals surface area (Å²) in [5.74, 6) is 1.04. The van der Waals surface area contributed by atoms with Crippen LogP contribution in [0.2, 0.25) is 0 Å². The highest BCUT2D eigenvalue weighted by Crippen LogP contribution is 2.27. The third kappa shape index (κ3) is 4.63. The fourth-order valence-corrected chi connectivity index (χ4v) is 5.61. The van der Waals surface area contributed by atoms with Crippen molar-refractivity contribution in [3.05, 3.63) is 46.3 Å². The van der Waals surface area contributed by atoms with Gasteiger partial charge in [0, 0.05) is 30.4 Å². The van der Waals surface area contributed by atoms with Gasteiger partial charge in [-0.15, -0.1) is 0 Å². The van der Waals surface area contributed by atoms with E-state index in [9.17, 15) is 13.2 Å². The Morgan fingerprint density at radius 3 is 2.66 bits per heavy atom. The van der Waals surface area contributed by atoms with Crippen molar-refractivity contribution in [2.75, 3.05) is 25.7 Å². The van der Waals surface area contributed by atoms with E-state index in [0.717, 1.165) is 28.1 Å². The first-order valence-corrected chi connectivity index (χ1v) is 11.6. The molecule has 1 aromatic carbocycles. The summed E-state index contributed by atoms with van der Waals surface area (Å²) in [6, 6.07) is 5.69. The number of carbonyl (C=O) groups excluding carboxylic acids is 1. The van der Waals surface area contributed by atoms with Crippen molar-refractivity contribution >= 4 is 15.7 Å². The quantitative estimate of drug-likeness (QED) is 0.718. The van der Waals surface area contributed by atoms with Crippen molar-refractivity contribution in [2.45, 2.75) is 46.2 Å². The predicted octanol–water partition coefficient (Wildman–Crippen LogP) is 2.38. The van der Waals surface area contributed by atoms with Crippen LogP contribution in [0.1, 0.15) is 40.5 Å². The van der Waals surface area contributed by atoms with E-state index in [1.54, 1.807) is 19.1 Å². The summed E-state index contributed by atoms with van der Waals surface area (Å²) in [5, 5.41) is 4.59. The Kier molecular flexibility index (Phi) is 6.03. The van der Waals surface area contributed by atoms with Crippen LogP contribution in [0, 0.1) is 20.8 Å². The molecule has 158 valence electrons. The minimum absolute atomic E-state index is 0.0103. The fraction of sp³-hybridized carbons (Fsp3) is 0.524. The van der Waals surface area contributed by atoms with E-state index in [1.165, 1.54) is 0 Å². The smallest absolute Gasteiger partial charge is 0.227 e. The van der Waals surface area contributed by atoms with E-state index < -0.39 is 9.84 Å². The Hall–Kier alpha value is -2.35. The zero-order chi connectivity index (χ0) is 21.3. The minimum Gasteiger partial charge on any atom is -0.496 e. The SMILES string of the molecule is COc1ccc(C)cc1CC(=O)N(C)Cc1c(C)nn([C@@H]2CCS(=O)(=O)C2)c1C. The van der Waals surface area contributed by atoms with E-state index >= 15 is 0 Å². The molecule has 0 N–H and O–H groups in total. The Balaban J connectivity index is 1.75. The number of hydrogen-bond donors (Lipinski definition) is 0. The van der Waals surface area contributed by atoms with Gasteiger partial charge in [0.2, 0.25) is 5.91 Å². The first kappa shape index (κ1) is 21.4. The van der Waals surface area contributed by atoms with E-state index in [1.807, 2.05) is 43.7 Å². The third-order valence-electron chi connectivity index (χ3n) is 5.63. The highest BCUT2D eigenvalue weighted by Gasteiger charge is 2.31. The van der Waals surface area contributed by atoms with Gasteiger partial charge in [0.05, 0.1) is 36.8 Å². The summed E-state index contributed by atoms with van der Waals surface area (Å²) in [5.41, 5.74) is 4.68. The molecule has 0 radical (unpaired) electrons. The second-order valence-electron chi connectivity index (χ2n) is 7.89. The maximum Gasteiger partial charge on any atom is 0.227 e. The molecule has 2 aromatic rings. The molecule has 0 unspecified atom stereocenters. The van der Waals surface area contributed by atoms with Gasteiger partial charge in [-0.05, 0) is 33.3 Å². The first-order chi connectivity index (χ1) is 13.6. The van der Waals surface area contributed by atoms with Crippen LogP contribution in [0.4, 0.5) is 0 Å². The number of carbonyl (C=O) groups is 1. The molecule has 2 heterocycles. The molecule has 1 aromatic heterocycles. The molecule has 0 saturated carbocycles. The molecule has 29 heavy (non-hydrogen) atoms. The van der Waals surface area contributed by atoms with Gasteiger partial charge < -0.3 is 9.64 Å². The average molecular weight is 420 g/mol. The van der Waals surface area contributed by atoms with Gasteiger partial charge in [0.25, 0.3) is 0 Å².